The molecule has 1 N–H and O–H groups in total. The van der Waals surface area contributed by atoms with E-state index in [1.165, 1.54) is 9.13 Å². The largest absolute Gasteiger partial charge is 0.356 e. The van der Waals surface area contributed by atoms with Crippen LogP contribution in [-0.4, -0.2) is 25.2 Å². The summed E-state index contributed by atoms with van der Waals surface area (Å²) in [6.45, 7) is 3.00. The number of benzene rings is 1. The van der Waals surface area contributed by atoms with Crippen molar-refractivity contribution in [2.24, 2.45) is 14.1 Å². The lowest BCUT2D eigenvalue weighted by Crippen LogP contribution is -2.39. The van der Waals surface area contributed by atoms with Gasteiger partial charge in [-0.2, -0.15) is 4.98 Å². The van der Waals surface area contributed by atoms with Crippen LogP contribution in [0, 0.1) is 0 Å². The van der Waals surface area contributed by atoms with Crippen LogP contribution in [0.25, 0.3) is 11.2 Å². The Kier molecular flexibility index (Phi) is 6.15. The molecular weight excluding hydrogens is 401 g/mol. The number of aromatic nitrogens is 4. The summed E-state index contributed by atoms with van der Waals surface area (Å²) < 4.78 is 4.28. The van der Waals surface area contributed by atoms with E-state index < -0.39 is 5.69 Å². The van der Waals surface area contributed by atoms with Crippen molar-refractivity contribution in [3.05, 3.63) is 54.6 Å². The van der Waals surface area contributed by atoms with E-state index >= 15 is 0 Å². The zero-order chi connectivity index (χ0) is 20.4. The van der Waals surface area contributed by atoms with Crippen molar-refractivity contribution < 1.29 is 0 Å². The molecule has 0 saturated carbocycles. The SMILES string of the molecule is CCCCCNc1nc2c(c(=O)n(Cc3ccc(Cl)c(Cl)c3)c(=O)n2C)n1C. The summed E-state index contributed by atoms with van der Waals surface area (Å²) in [6.07, 6.45) is 3.25. The van der Waals surface area contributed by atoms with Gasteiger partial charge in [0.1, 0.15) is 0 Å². The number of unbranched alkanes of at least 4 members (excludes halogenated alkanes) is 2. The Bertz CT molecular complexity index is 1130. The predicted molar refractivity (Wildman–Crippen MR) is 114 cm³/mol. The summed E-state index contributed by atoms with van der Waals surface area (Å²) in [5, 5.41) is 4.05. The normalized spacial score (nSPS) is 11.3. The number of rotatable bonds is 7. The first-order valence-corrected chi connectivity index (χ1v) is 9.94. The smallest absolute Gasteiger partial charge is 0.332 e. The van der Waals surface area contributed by atoms with Gasteiger partial charge in [0.15, 0.2) is 11.2 Å². The van der Waals surface area contributed by atoms with E-state index in [9.17, 15) is 9.59 Å². The minimum atomic E-state index is -0.431. The van der Waals surface area contributed by atoms with E-state index in [1.807, 2.05) is 0 Å². The molecule has 0 spiro atoms. The number of nitrogens with zero attached hydrogens (tertiary/aromatic N) is 4. The van der Waals surface area contributed by atoms with Crippen LogP contribution in [0.1, 0.15) is 31.7 Å². The number of anilines is 1. The van der Waals surface area contributed by atoms with Crippen LogP contribution in [0.3, 0.4) is 0 Å². The second-order valence-corrected chi connectivity index (χ2v) is 7.60. The van der Waals surface area contributed by atoms with E-state index in [4.69, 9.17) is 23.2 Å². The van der Waals surface area contributed by atoms with Crippen LogP contribution in [-0.2, 0) is 20.6 Å². The Morgan fingerprint density at radius 1 is 1.07 bits per heavy atom. The average molecular weight is 424 g/mol. The Morgan fingerprint density at radius 2 is 1.82 bits per heavy atom. The summed E-state index contributed by atoms with van der Waals surface area (Å²) >= 11 is 12.0. The molecule has 2 heterocycles. The van der Waals surface area contributed by atoms with Crippen molar-refractivity contribution in [2.75, 3.05) is 11.9 Å². The van der Waals surface area contributed by atoms with Crippen LogP contribution in [0.5, 0.6) is 0 Å². The van der Waals surface area contributed by atoms with Gasteiger partial charge in [-0.1, -0.05) is 49.0 Å². The molecule has 0 bridgehead atoms. The number of halogens is 2. The van der Waals surface area contributed by atoms with Gasteiger partial charge in [0, 0.05) is 20.6 Å². The zero-order valence-corrected chi connectivity index (χ0v) is 17.6. The summed E-state index contributed by atoms with van der Waals surface area (Å²) in [7, 11) is 3.39. The number of aryl methyl sites for hydroxylation is 2. The molecule has 0 atom stereocenters. The second kappa shape index (κ2) is 8.41. The molecule has 2 aromatic heterocycles. The maximum absolute atomic E-state index is 13.1. The van der Waals surface area contributed by atoms with Gasteiger partial charge in [0.2, 0.25) is 5.95 Å². The van der Waals surface area contributed by atoms with Crippen molar-refractivity contribution in [1.29, 1.82) is 0 Å². The van der Waals surface area contributed by atoms with Crippen LogP contribution in [0.15, 0.2) is 27.8 Å². The first-order valence-electron chi connectivity index (χ1n) is 9.19. The van der Waals surface area contributed by atoms with Gasteiger partial charge in [0.25, 0.3) is 5.56 Å². The van der Waals surface area contributed by atoms with Crippen molar-refractivity contribution >= 4 is 40.3 Å². The van der Waals surface area contributed by atoms with E-state index in [0.29, 0.717) is 32.7 Å². The molecule has 0 unspecified atom stereocenters. The summed E-state index contributed by atoms with van der Waals surface area (Å²) in [4.78, 5) is 30.3. The van der Waals surface area contributed by atoms with Crippen molar-refractivity contribution in [3.63, 3.8) is 0 Å². The minimum absolute atomic E-state index is 0.1000. The summed E-state index contributed by atoms with van der Waals surface area (Å²) in [5.41, 5.74) is 0.633. The van der Waals surface area contributed by atoms with Gasteiger partial charge in [-0.25, -0.2) is 4.79 Å². The van der Waals surface area contributed by atoms with Crippen LogP contribution in [0.2, 0.25) is 10.0 Å². The van der Waals surface area contributed by atoms with Crippen molar-refractivity contribution in [2.45, 2.75) is 32.7 Å². The molecule has 0 radical (unpaired) electrons. The number of nitrogens with one attached hydrogen (secondary N) is 1. The average Bonchev–Trinajstić information content (AvgIpc) is 3.00. The van der Waals surface area contributed by atoms with E-state index in [-0.39, 0.29) is 12.1 Å². The van der Waals surface area contributed by atoms with Crippen molar-refractivity contribution in [1.82, 2.24) is 18.7 Å². The Hall–Kier alpha value is -2.25. The fourth-order valence-corrected chi connectivity index (χ4v) is 3.46. The minimum Gasteiger partial charge on any atom is -0.356 e. The molecule has 0 amide bonds. The lowest BCUT2D eigenvalue weighted by atomic mass is 10.2. The zero-order valence-electron chi connectivity index (χ0n) is 16.1. The van der Waals surface area contributed by atoms with Gasteiger partial charge in [0.05, 0.1) is 16.6 Å². The van der Waals surface area contributed by atoms with Gasteiger partial charge in [-0.05, 0) is 24.1 Å². The lowest BCUT2D eigenvalue weighted by Gasteiger charge is -2.09. The summed E-state index contributed by atoms with van der Waals surface area (Å²) in [6, 6.07) is 5.05. The highest BCUT2D eigenvalue weighted by molar-refractivity contribution is 6.42. The molecule has 3 rings (SSSR count). The third-order valence-corrected chi connectivity index (χ3v) is 5.49. The maximum Gasteiger partial charge on any atom is 0.332 e. The fourth-order valence-electron chi connectivity index (χ4n) is 3.14. The monoisotopic (exact) mass is 423 g/mol. The molecule has 0 aliphatic heterocycles. The standard InChI is InChI=1S/C19H23Cl2N5O2/c1-4-5-6-9-22-18-23-16-15(24(18)2)17(27)26(19(28)25(16)3)11-12-7-8-13(20)14(21)10-12/h7-8,10H,4-6,9,11H2,1-3H3,(H,22,23). The first kappa shape index (κ1) is 20.5. The van der Waals surface area contributed by atoms with Gasteiger partial charge >= 0.3 is 5.69 Å². The molecule has 0 aliphatic rings. The highest BCUT2D eigenvalue weighted by Gasteiger charge is 2.18. The fraction of sp³-hybridized carbons (Fsp3) is 0.421. The third kappa shape index (κ3) is 3.82. The molecule has 0 saturated heterocycles. The van der Waals surface area contributed by atoms with Crippen LogP contribution < -0.4 is 16.6 Å². The second-order valence-electron chi connectivity index (χ2n) is 6.78. The lowest BCUT2D eigenvalue weighted by molar-refractivity contribution is 0.655. The molecule has 0 fully saturated rings. The Morgan fingerprint density at radius 3 is 2.50 bits per heavy atom. The molecular formula is C19H23Cl2N5O2. The molecule has 28 heavy (non-hydrogen) atoms. The third-order valence-electron chi connectivity index (χ3n) is 4.75. The van der Waals surface area contributed by atoms with E-state index in [1.54, 1.807) is 36.9 Å². The van der Waals surface area contributed by atoms with Crippen LogP contribution >= 0.6 is 23.2 Å². The van der Waals surface area contributed by atoms with Gasteiger partial charge in [-0.3, -0.25) is 13.9 Å². The topological polar surface area (TPSA) is 73.8 Å². The molecule has 0 aliphatic carbocycles. The van der Waals surface area contributed by atoms with Crippen LogP contribution in [0.4, 0.5) is 5.95 Å². The van der Waals surface area contributed by atoms with E-state index in [0.717, 1.165) is 25.8 Å². The number of fused-ring (bicyclic) bond motifs is 1. The highest BCUT2D eigenvalue weighted by Crippen LogP contribution is 2.23. The highest BCUT2D eigenvalue weighted by atomic mass is 35.5. The summed E-state index contributed by atoms with van der Waals surface area (Å²) in [5.74, 6) is 0.575. The first-order chi connectivity index (χ1) is 13.3. The molecule has 3 aromatic rings. The number of imidazole rings is 1. The molecule has 9 heteroatoms. The number of hydrogen-bond donors (Lipinski definition) is 1. The number of hydrogen-bond acceptors (Lipinski definition) is 4. The quantitative estimate of drug-likeness (QED) is 0.590. The van der Waals surface area contributed by atoms with Crippen molar-refractivity contribution in [3.8, 4) is 0 Å². The Labute approximate surface area is 172 Å². The molecule has 7 nitrogen and oxygen atoms in total. The van der Waals surface area contributed by atoms with Gasteiger partial charge < -0.3 is 9.88 Å². The molecule has 1 aromatic carbocycles. The predicted octanol–water partition coefficient (Wildman–Crippen LogP) is 3.39. The van der Waals surface area contributed by atoms with Gasteiger partial charge in [-0.15, -0.1) is 0 Å². The van der Waals surface area contributed by atoms with E-state index in [2.05, 4.69) is 17.2 Å². The maximum atomic E-state index is 13.1. The molecule has 150 valence electrons. The Balaban J connectivity index is 2.04.